The molecule has 2 atom stereocenters. The lowest BCUT2D eigenvalue weighted by atomic mass is 9.89. The van der Waals surface area contributed by atoms with E-state index in [0.29, 0.717) is 30.3 Å². The third kappa shape index (κ3) is 4.44. The molecule has 0 aliphatic carbocycles. The van der Waals surface area contributed by atoms with Crippen LogP contribution in [-0.4, -0.2) is 44.8 Å². The van der Waals surface area contributed by atoms with Crippen molar-refractivity contribution in [2.75, 3.05) is 38.8 Å². The van der Waals surface area contributed by atoms with Gasteiger partial charge in [-0.2, -0.15) is 13.2 Å². The lowest BCUT2D eigenvalue weighted by Gasteiger charge is -2.49. The van der Waals surface area contributed by atoms with Crippen LogP contribution in [0.25, 0.3) is 0 Å². The number of methoxy groups -OCH3 is 2. The van der Waals surface area contributed by atoms with Gasteiger partial charge >= 0.3 is 6.18 Å². The van der Waals surface area contributed by atoms with Crippen LogP contribution in [0.5, 0.6) is 11.5 Å². The molecule has 2 aromatic carbocycles. The Bertz CT molecular complexity index is 938. The second-order valence-electron chi connectivity index (χ2n) is 8.06. The van der Waals surface area contributed by atoms with Gasteiger partial charge in [-0.15, -0.1) is 0 Å². The molecule has 2 aliphatic rings. The molecule has 0 N–H and O–H groups in total. The minimum atomic E-state index is -4.46. The first-order valence-electron chi connectivity index (χ1n) is 10.4. The average molecular weight is 455 g/mol. The fraction of sp³-hybridized carbons (Fsp3) is 0.478. The number of piperazine rings is 1. The van der Waals surface area contributed by atoms with E-state index in [4.69, 9.17) is 21.1 Å². The largest absolute Gasteiger partial charge is 0.493 e. The number of rotatable bonds is 4. The second kappa shape index (κ2) is 8.79. The zero-order valence-corrected chi connectivity index (χ0v) is 18.3. The highest BCUT2D eigenvalue weighted by Gasteiger charge is 2.37. The number of alkyl halides is 3. The highest BCUT2D eigenvalue weighted by molar-refractivity contribution is 6.31. The quantitative estimate of drug-likeness (QED) is 0.583. The van der Waals surface area contributed by atoms with E-state index >= 15 is 0 Å². The molecule has 4 rings (SSSR count). The normalized spacial score (nSPS) is 22.2. The Morgan fingerprint density at radius 2 is 1.74 bits per heavy atom. The molecule has 2 aliphatic heterocycles. The van der Waals surface area contributed by atoms with Crippen molar-refractivity contribution in [1.29, 1.82) is 0 Å². The molecule has 2 aromatic rings. The second-order valence-corrected chi connectivity index (χ2v) is 8.47. The van der Waals surface area contributed by atoms with Gasteiger partial charge < -0.3 is 14.4 Å². The topological polar surface area (TPSA) is 24.9 Å². The molecule has 8 heteroatoms. The van der Waals surface area contributed by atoms with E-state index in [-0.39, 0.29) is 17.1 Å². The van der Waals surface area contributed by atoms with Crippen molar-refractivity contribution in [3.8, 4) is 11.5 Å². The monoisotopic (exact) mass is 454 g/mol. The third-order valence-electron chi connectivity index (χ3n) is 6.36. The van der Waals surface area contributed by atoms with Crippen LogP contribution in [0.1, 0.15) is 36.4 Å². The van der Waals surface area contributed by atoms with Gasteiger partial charge in [-0.05, 0) is 55.2 Å². The van der Waals surface area contributed by atoms with Crippen LogP contribution < -0.4 is 14.4 Å². The van der Waals surface area contributed by atoms with E-state index < -0.39 is 11.7 Å². The highest BCUT2D eigenvalue weighted by atomic mass is 35.5. The Balaban J connectivity index is 1.54. The molecule has 0 unspecified atom stereocenters. The Hall–Kier alpha value is -2.12. The molecule has 0 spiro atoms. The summed E-state index contributed by atoms with van der Waals surface area (Å²) in [5, 5.41) is -0.263. The summed E-state index contributed by atoms with van der Waals surface area (Å²) in [5.74, 6) is 1.41. The Kier molecular flexibility index (Phi) is 6.26. The molecule has 0 amide bonds. The molecule has 0 aromatic heterocycles. The van der Waals surface area contributed by atoms with E-state index in [0.717, 1.165) is 25.8 Å². The van der Waals surface area contributed by atoms with Crippen molar-refractivity contribution in [2.45, 2.75) is 37.5 Å². The van der Waals surface area contributed by atoms with Gasteiger partial charge in [0.1, 0.15) is 0 Å². The van der Waals surface area contributed by atoms with Gasteiger partial charge in [-0.3, -0.25) is 4.90 Å². The van der Waals surface area contributed by atoms with Gasteiger partial charge in [0.15, 0.2) is 11.5 Å². The molecule has 4 nitrogen and oxygen atoms in total. The fourth-order valence-electron chi connectivity index (χ4n) is 4.83. The summed E-state index contributed by atoms with van der Waals surface area (Å²) in [6.45, 7) is 2.15. The smallest absolute Gasteiger partial charge is 0.417 e. The SMILES string of the molecule is COc1ccc([C@H]2CCC[C@H]3CN(c4ccc(Cl)c(C(F)(F)F)c4)CCN32)cc1OC. The van der Waals surface area contributed by atoms with Crippen molar-refractivity contribution in [2.24, 2.45) is 0 Å². The summed E-state index contributed by atoms with van der Waals surface area (Å²) in [5.41, 5.74) is 0.979. The number of piperidine rings is 1. The molecule has 2 fully saturated rings. The number of ether oxygens (including phenoxy) is 2. The van der Waals surface area contributed by atoms with Crippen LogP contribution in [0.4, 0.5) is 18.9 Å². The fourth-order valence-corrected chi connectivity index (χ4v) is 5.05. The van der Waals surface area contributed by atoms with Gasteiger partial charge in [-0.25, -0.2) is 0 Å². The van der Waals surface area contributed by atoms with Gasteiger partial charge in [-0.1, -0.05) is 17.7 Å². The maximum Gasteiger partial charge on any atom is 0.417 e. The van der Waals surface area contributed by atoms with Crippen LogP contribution in [-0.2, 0) is 6.18 Å². The number of fused-ring (bicyclic) bond motifs is 1. The van der Waals surface area contributed by atoms with Crippen molar-refractivity contribution >= 4 is 17.3 Å². The lowest BCUT2D eigenvalue weighted by Crippen LogP contribution is -2.55. The van der Waals surface area contributed by atoms with Crippen molar-refractivity contribution in [3.05, 3.63) is 52.5 Å². The number of hydrogen-bond donors (Lipinski definition) is 0. The summed E-state index contributed by atoms with van der Waals surface area (Å²) in [4.78, 5) is 4.53. The molecule has 168 valence electrons. The molecule has 2 heterocycles. The van der Waals surface area contributed by atoms with Gasteiger partial charge in [0.2, 0.25) is 0 Å². The van der Waals surface area contributed by atoms with E-state index in [1.807, 2.05) is 17.0 Å². The number of nitrogens with zero attached hydrogens (tertiary/aromatic N) is 2. The van der Waals surface area contributed by atoms with Crippen molar-refractivity contribution in [3.63, 3.8) is 0 Å². The predicted octanol–water partition coefficient (Wildman–Crippen LogP) is 5.79. The van der Waals surface area contributed by atoms with Crippen LogP contribution in [0.15, 0.2) is 36.4 Å². The highest BCUT2D eigenvalue weighted by Crippen LogP contribution is 2.41. The molecule has 0 saturated carbocycles. The number of benzene rings is 2. The summed E-state index contributed by atoms with van der Waals surface area (Å²) in [7, 11) is 3.25. The van der Waals surface area contributed by atoms with Crippen molar-refractivity contribution < 1.29 is 22.6 Å². The first kappa shape index (κ1) is 22.1. The summed E-state index contributed by atoms with van der Waals surface area (Å²) in [6.07, 6.45) is -1.31. The van der Waals surface area contributed by atoms with E-state index in [1.165, 1.54) is 17.7 Å². The Morgan fingerprint density at radius 1 is 0.968 bits per heavy atom. The molecule has 0 radical (unpaired) electrons. The van der Waals surface area contributed by atoms with E-state index in [2.05, 4.69) is 11.0 Å². The maximum atomic E-state index is 13.3. The maximum absolute atomic E-state index is 13.3. The zero-order valence-electron chi connectivity index (χ0n) is 17.6. The molecule has 2 saturated heterocycles. The standard InChI is InChI=1S/C23H26ClF3N2O2/c1-30-21-9-6-15(12-22(21)31-2)20-5-3-4-17-14-28(10-11-29(17)20)16-7-8-19(24)18(13-16)23(25,26)27/h6-9,12-13,17,20H,3-5,10-11,14H2,1-2H3/t17-,20+/m0/s1. The first-order chi connectivity index (χ1) is 14.8. The summed E-state index contributed by atoms with van der Waals surface area (Å²) >= 11 is 5.80. The Labute approximate surface area is 185 Å². The van der Waals surface area contributed by atoms with Crippen LogP contribution in [0.2, 0.25) is 5.02 Å². The van der Waals surface area contributed by atoms with Crippen LogP contribution in [0, 0.1) is 0 Å². The predicted molar refractivity (Wildman–Crippen MR) is 115 cm³/mol. The summed E-state index contributed by atoms with van der Waals surface area (Å²) in [6, 6.07) is 10.8. The molecule has 31 heavy (non-hydrogen) atoms. The van der Waals surface area contributed by atoms with Crippen LogP contribution >= 0.6 is 11.6 Å². The van der Waals surface area contributed by atoms with E-state index in [1.54, 1.807) is 20.3 Å². The van der Waals surface area contributed by atoms with Gasteiger partial charge in [0.25, 0.3) is 0 Å². The lowest BCUT2D eigenvalue weighted by molar-refractivity contribution is -0.137. The van der Waals surface area contributed by atoms with Crippen molar-refractivity contribution in [1.82, 2.24) is 4.90 Å². The van der Waals surface area contributed by atoms with Crippen LogP contribution in [0.3, 0.4) is 0 Å². The number of hydrogen-bond acceptors (Lipinski definition) is 4. The Morgan fingerprint density at radius 3 is 2.45 bits per heavy atom. The van der Waals surface area contributed by atoms with Gasteiger partial charge in [0.05, 0.1) is 24.8 Å². The number of anilines is 1. The van der Waals surface area contributed by atoms with E-state index in [9.17, 15) is 13.2 Å². The summed E-state index contributed by atoms with van der Waals surface area (Å²) < 4.78 is 50.7. The average Bonchev–Trinajstić information content (AvgIpc) is 2.77. The minimum Gasteiger partial charge on any atom is -0.493 e. The number of halogens is 4. The van der Waals surface area contributed by atoms with Gasteiger partial charge in [0, 0.05) is 37.4 Å². The zero-order chi connectivity index (χ0) is 22.2. The molecular weight excluding hydrogens is 429 g/mol. The minimum absolute atomic E-state index is 0.261. The molecule has 0 bridgehead atoms. The third-order valence-corrected chi connectivity index (χ3v) is 6.69. The molecular formula is C23H26ClF3N2O2. The first-order valence-corrected chi connectivity index (χ1v) is 10.8.